The number of carbonyl (C=O) groups is 2. The molecule has 1 N–H and O–H groups in total. The second-order valence-corrected chi connectivity index (χ2v) is 10.7. The van der Waals surface area contributed by atoms with Gasteiger partial charge < -0.3 is 10.1 Å². The number of piperidine rings is 1. The van der Waals surface area contributed by atoms with E-state index in [-0.39, 0.29) is 24.0 Å². The van der Waals surface area contributed by atoms with E-state index in [1.807, 2.05) is 11.3 Å². The van der Waals surface area contributed by atoms with Gasteiger partial charge in [-0.1, -0.05) is 31.5 Å². The lowest BCUT2D eigenvalue weighted by Gasteiger charge is -2.41. The summed E-state index contributed by atoms with van der Waals surface area (Å²) in [4.78, 5) is 31.7. The molecule has 3 aliphatic rings. The van der Waals surface area contributed by atoms with Crippen molar-refractivity contribution in [1.29, 1.82) is 0 Å². The van der Waals surface area contributed by atoms with Crippen LogP contribution in [0.1, 0.15) is 50.3 Å². The van der Waals surface area contributed by atoms with Crippen LogP contribution in [-0.4, -0.2) is 59.6 Å². The van der Waals surface area contributed by atoms with Crippen molar-refractivity contribution in [2.24, 2.45) is 5.92 Å². The highest BCUT2D eigenvalue weighted by atomic mass is 32.1. The number of fused-ring (bicyclic) bond motifs is 1. The van der Waals surface area contributed by atoms with Crippen LogP contribution in [-0.2, 0) is 16.1 Å². The number of nitrogens with zero attached hydrogens (tertiary/aromatic N) is 2. The number of urea groups is 1. The van der Waals surface area contributed by atoms with E-state index in [1.54, 1.807) is 0 Å². The third-order valence-electron chi connectivity index (χ3n) is 7.40. The molecule has 7 heteroatoms. The van der Waals surface area contributed by atoms with E-state index in [0.29, 0.717) is 13.0 Å². The number of nitrogens with one attached hydrogen (secondary N) is 1. The van der Waals surface area contributed by atoms with Gasteiger partial charge in [-0.05, 0) is 68.6 Å². The van der Waals surface area contributed by atoms with E-state index in [1.165, 1.54) is 19.9 Å². The number of imide groups is 1. The Labute approximate surface area is 193 Å². The summed E-state index contributed by atoms with van der Waals surface area (Å²) >= 11 is 1.87. The summed E-state index contributed by atoms with van der Waals surface area (Å²) in [6.07, 6.45) is 5.38. The molecule has 0 bridgehead atoms. The minimum absolute atomic E-state index is 0.00900. The average Bonchev–Trinajstić information content (AvgIpc) is 3.50. The summed E-state index contributed by atoms with van der Waals surface area (Å²) in [7, 11) is 0. The molecule has 172 valence electrons. The number of hydrogen-bond donors (Lipinski definition) is 1. The lowest BCUT2D eigenvalue weighted by atomic mass is 9.74. The second-order valence-electron chi connectivity index (χ2n) is 9.50. The van der Waals surface area contributed by atoms with Crippen LogP contribution in [0.4, 0.5) is 4.79 Å². The van der Waals surface area contributed by atoms with Crippen molar-refractivity contribution in [3.05, 3.63) is 35.2 Å². The first kappa shape index (κ1) is 21.9. The molecule has 3 saturated heterocycles. The number of carbonyl (C=O) groups excluding carboxylic acids is 2. The molecule has 0 radical (unpaired) electrons. The van der Waals surface area contributed by atoms with Crippen LogP contribution >= 0.6 is 11.3 Å². The number of rotatable bonds is 7. The Hall–Kier alpha value is -1.96. The highest BCUT2D eigenvalue weighted by Gasteiger charge is 2.55. The van der Waals surface area contributed by atoms with Crippen LogP contribution in [0.2, 0.25) is 0 Å². The summed E-state index contributed by atoms with van der Waals surface area (Å²) in [6.45, 7) is 6.09. The number of hydrogen-bond acceptors (Lipinski definition) is 5. The van der Waals surface area contributed by atoms with E-state index >= 15 is 0 Å². The van der Waals surface area contributed by atoms with Crippen molar-refractivity contribution >= 4 is 33.4 Å². The molecule has 3 aliphatic heterocycles. The lowest BCUT2D eigenvalue weighted by molar-refractivity contribution is -0.135. The van der Waals surface area contributed by atoms with Gasteiger partial charge in [0.05, 0.1) is 12.6 Å². The molecule has 2 atom stereocenters. The molecule has 0 aliphatic carbocycles. The maximum absolute atomic E-state index is 13.6. The largest absolute Gasteiger partial charge is 0.376 e. The fraction of sp³-hybridized carbons (Fsp3) is 0.600. The topological polar surface area (TPSA) is 61.9 Å². The van der Waals surface area contributed by atoms with E-state index in [2.05, 4.69) is 47.5 Å². The zero-order chi connectivity index (χ0) is 22.1. The first-order valence-corrected chi connectivity index (χ1v) is 12.9. The summed E-state index contributed by atoms with van der Waals surface area (Å²) in [5, 5.41) is 4.47. The molecule has 0 unspecified atom stereocenters. The van der Waals surface area contributed by atoms with Crippen LogP contribution in [0.25, 0.3) is 10.1 Å². The Bertz CT molecular complexity index is 945. The van der Waals surface area contributed by atoms with Crippen LogP contribution in [0.5, 0.6) is 0 Å². The third-order valence-corrected chi connectivity index (χ3v) is 8.50. The van der Waals surface area contributed by atoms with E-state index in [9.17, 15) is 9.59 Å². The van der Waals surface area contributed by atoms with Gasteiger partial charge in [-0.3, -0.25) is 14.6 Å². The Morgan fingerprint density at radius 2 is 2.00 bits per heavy atom. The molecule has 0 saturated carbocycles. The minimum Gasteiger partial charge on any atom is -0.376 e. The van der Waals surface area contributed by atoms with Gasteiger partial charge >= 0.3 is 6.03 Å². The molecule has 4 heterocycles. The van der Waals surface area contributed by atoms with E-state index in [0.717, 1.165) is 58.3 Å². The third kappa shape index (κ3) is 4.06. The molecule has 6 nitrogen and oxygen atoms in total. The average molecular weight is 456 g/mol. The van der Waals surface area contributed by atoms with Gasteiger partial charge in [0.1, 0.15) is 5.54 Å². The molecule has 2 aromatic rings. The van der Waals surface area contributed by atoms with Gasteiger partial charge in [0.15, 0.2) is 0 Å². The summed E-state index contributed by atoms with van der Waals surface area (Å²) < 4.78 is 7.04. The van der Waals surface area contributed by atoms with E-state index in [4.69, 9.17) is 4.74 Å². The van der Waals surface area contributed by atoms with Gasteiger partial charge in [-0.15, -0.1) is 11.3 Å². The molecular formula is C25H33N3O3S. The maximum atomic E-state index is 13.6. The summed E-state index contributed by atoms with van der Waals surface area (Å²) in [5.41, 5.74) is -0.742. The Kier molecular flexibility index (Phi) is 6.23. The molecule has 3 amide bonds. The van der Waals surface area contributed by atoms with E-state index < -0.39 is 5.54 Å². The Morgan fingerprint density at radius 3 is 2.72 bits per heavy atom. The number of thiophene rings is 1. The molecular weight excluding hydrogens is 422 g/mol. The Morgan fingerprint density at radius 1 is 1.19 bits per heavy atom. The first-order chi connectivity index (χ1) is 15.6. The van der Waals surface area contributed by atoms with Crippen LogP contribution < -0.4 is 5.32 Å². The van der Waals surface area contributed by atoms with Crippen LogP contribution in [0.15, 0.2) is 30.3 Å². The number of amides is 3. The number of likely N-dealkylation sites (tertiary alicyclic amines) is 1. The standard InChI is InChI=1S/C25H33N3O3S/c1-2-11-25(23(29)28(24(30)26-25)16-20-7-5-14-31-20)19-9-12-27(13-10-19)17-21-15-18-6-3-4-8-22(18)32-21/h3-4,6,8,15,19-20H,2,5,7,9-14,16-17H2,1H3,(H,26,30)/t20-,25+/m0/s1. The SMILES string of the molecule is CCC[C@]1(C2CCN(Cc3cc4ccccc4s3)CC2)NC(=O)N(C[C@@H]2CCCO2)C1=O. The molecule has 3 fully saturated rings. The van der Waals surface area contributed by atoms with Gasteiger partial charge in [0.25, 0.3) is 5.91 Å². The van der Waals surface area contributed by atoms with Crippen molar-refractivity contribution in [2.45, 2.75) is 63.6 Å². The maximum Gasteiger partial charge on any atom is 0.325 e. The molecule has 32 heavy (non-hydrogen) atoms. The number of ether oxygens (including phenoxy) is 1. The van der Waals surface area contributed by atoms with Crippen molar-refractivity contribution in [2.75, 3.05) is 26.2 Å². The van der Waals surface area contributed by atoms with Crippen molar-refractivity contribution in [3.63, 3.8) is 0 Å². The first-order valence-electron chi connectivity index (χ1n) is 12.0. The smallest absolute Gasteiger partial charge is 0.325 e. The molecule has 0 spiro atoms. The van der Waals surface area contributed by atoms with Crippen LogP contribution in [0.3, 0.4) is 0 Å². The van der Waals surface area contributed by atoms with Gasteiger partial charge in [-0.2, -0.15) is 0 Å². The summed E-state index contributed by atoms with van der Waals surface area (Å²) in [6, 6.07) is 10.6. The highest BCUT2D eigenvalue weighted by molar-refractivity contribution is 7.19. The normalized spacial score (nSPS) is 27.5. The van der Waals surface area contributed by atoms with Crippen molar-refractivity contribution in [3.8, 4) is 0 Å². The van der Waals surface area contributed by atoms with Crippen molar-refractivity contribution < 1.29 is 14.3 Å². The summed E-state index contributed by atoms with van der Waals surface area (Å²) in [5.74, 6) is 0.162. The minimum atomic E-state index is -0.742. The highest BCUT2D eigenvalue weighted by Crippen LogP contribution is 2.38. The van der Waals surface area contributed by atoms with Gasteiger partial charge in [0.2, 0.25) is 0 Å². The monoisotopic (exact) mass is 455 g/mol. The second kappa shape index (κ2) is 9.12. The van der Waals surface area contributed by atoms with Gasteiger partial charge in [0, 0.05) is 22.7 Å². The predicted molar refractivity (Wildman–Crippen MR) is 127 cm³/mol. The fourth-order valence-electron chi connectivity index (χ4n) is 5.77. The van der Waals surface area contributed by atoms with Crippen molar-refractivity contribution in [1.82, 2.24) is 15.1 Å². The lowest BCUT2D eigenvalue weighted by Crippen LogP contribution is -2.56. The number of benzene rings is 1. The van der Waals surface area contributed by atoms with Gasteiger partial charge in [-0.25, -0.2) is 4.79 Å². The fourth-order valence-corrected chi connectivity index (χ4v) is 6.87. The predicted octanol–water partition coefficient (Wildman–Crippen LogP) is 4.38. The Balaban J connectivity index is 1.25. The zero-order valence-electron chi connectivity index (χ0n) is 18.8. The molecule has 1 aromatic carbocycles. The quantitative estimate of drug-likeness (QED) is 0.630. The molecule has 1 aromatic heterocycles. The van der Waals surface area contributed by atoms with Crippen LogP contribution in [0, 0.1) is 5.92 Å². The zero-order valence-corrected chi connectivity index (χ0v) is 19.7. The molecule has 5 rings (SSSR count).